The Hall–Kier alpha value is -2.01. The van der Waals surface area contributed by atoms with E-state index in [4.69, 9.17) is 4.98 Å². The third-order valence-electron chi connectivity index (χ3n) is 5.55. The lowest BCUT2D eigenvalue weighted by Crippen LogP contribution is -2.40. The lowest BCUT2D eigenvalue weighted by atomic mass is 9.97. The van der Waals surface area contributed by atoms with Crippen molar-refractivity contribution in [2.75, 3.05) is 51.7 Å². The number of anilines is 3. The normalized spacial score (nSPS) is 21.2. The van der Waals surface area contributed by atoms with Crippen LogP contribution in [0.5, 0.6) is 0 Å². The van der Waals surface area contributed by atoms with E-state index in [0.717, 1.165) is 11.3 Å². The first kappa shape index (κ1) is 22.2. The second-order valence-electron chi connectivity index (χ2n) is 9.33. The summed E-state index contributed by atoms with van der Waals surface area (Å²) in [5.41, 5.74) is 2.97. The number of benzene rings is 1. The fraction of sp³-hybridized carbons (Fsp3) is 0.476. The van der Waals surface area contributed by atoms with Crippen molar-refractivity contribution in [3.63, 3.8) is 0 Å². The van der Waals surface area contributed by atoms with Crippen LogP contribution < -0.4 is 13.5 Å². The van der Waals surface area contributed by atoms with Gasteiger partial charge >= 0.3 is 10.2 Å². The predicted octanol–water partition coefficient (Wildman–Crippen LogP) is 3.87. The Morgan fingerprint density at radius 2 is 1.74 bits per heavy atom. The van der Waals surface area contributed by atoms with E-state index in [9.17, 15) is 17.5 Å². The summed E-state index contributed by atoms with van der Waals surface area (Å²) in [5.74, 6) is 1.18. The maximum atomic E-state index is 13.0. The number of nitrogens with zero attached hydrogens (tertiary/aromatic N) is 4. The van der Waals surface area contributed by atoms with Crippen LogP contribution in [-0.4, -0.2) is 60.7 Å². The van der Waals surface area contributed by atoms with Crippen molar-refractivity contribution in [2.45, 2.75) is 20.8 Å². The molecule has 0 unspecified atom stereocenters. The van der Waals surface area contributed by atoms with Gasteiger partial charge in [0, 0.05) is 37.9 Å². The Labute approximate surface area is 186 Å². The number of aromatic nitrogens is 1. The Balaban J connectivity index is 1.66. The molecule has 1 aromatic carbocycles. The number of pyridine rings is 1. The third kappa shape index (κ3) is 4.34. The SMILES string of the molecule is CN1c2nc(-c3cccc(N4CCS(O)(O)CC4)c3)ccc2N(CC(C)(C)C)S1(=O)=O. The average molecular weight is 467 g/mol. The zero-order chi connectivity index (χ0) is 22.6. The lowest BCUT2D eigenvalue weighted by molar-refractivity contribution is 0.427. The van der Waals surface area contributed by atoms with E-state index in [1.165, 1.54) is 15.7 Å². The molecule has 2 aliphatic heterocycles. The Kier molecular flexibility index (Phi) is 5.40. The van der Waals surface area contributed by atoms with Gasteiger partial charge in [-0.3, -0.25) is 9.11 Å². The molecule has 4 rings (SSSR count). The topological polar surface area (TPSA) is 97.2 Å². The molecule has 0 amide bonds. The Morgan fingerprint density at radius 3 is 2.39 bits per heavy atom. The quantitative estimate of drug-likeness (QED) is 0.713. The molecule has 31 heavy (non-hydrogen) atoms. The molecule has 2 aromatic rings. The van der Waals surface area contributed by atoms with Crippen molar-refractivity contribution in [3.8, 4) is 11.3 Å². The van der Waals surface area contributed by atoms with Crippen LogP contribution >= 0.6 is 10.6 Å². The largest absolute Gasteiger partial charge is 0.368 e. The van der Waals surface area contributed by atoms with Crippen molar-refractivity contribution >= 4 is 38.0 Å². The van der Waals surface area contributed by atoms with Gasteiger partial charge in [-0.2, -0.15) is 19.0 Å². The van der Waals surface area contributed by atoms with Gasteiger partial charge in [-0.15, -0.1) is 0 Å². The summed E-state index contributed by atoms with van der Waals surface area (Å²) in [7, 11) is -4.55. The van der Waals surface area contributed by atoms with Gasteiger partial charge < -0.3 is 4.90 Å². The minimum Gasteiger partial charge on any atom is -0.368 e. The van der Waals surface area contributed by atoms with E-state index in [0.29, 0.717) is 48.3 Å². The van der Waals surface area contributed by atoms with E-state index in [1.54, 1.807) is 0 Å². The maximum absolute atomic E-state index is 13.0. The minimum atomic E-state index is -3.64. The van der Waals surface area contributed by atoms with Gasteiger partial charge in [0.2, 0.25) is 0 Å². The molecule has 0 atom stereocenters. The van der Waals surface area contributed by atoms with Crippen LogP contribution in [0.2, 0.25) is 0 Å². The summed E-state index contributed by atoms with van der Waals surface area (Å²) in [6.07, 6.45) is 0. The van der Waals surface area contributed by atoms with E-state index in [2.05, 4.69) is 4.90 Å². The van der Waals surface area contributed by atoms with Crippen molar-refractivity contribution in [3.05, 3.63) is 36.4 Å². The number of rotatable bonds is 3. The molecule has 2 aliphatic rings. The monoisotopic (exact) mass is 466 g/mol. The number of fused-ring (bicyclic) bond motifs is 1. The average Bonchev–Trinajstić information content (AvgIpc) is 2.87. The van der Waals surface area contributed by atoms with E-state index in [-0.39, 0.29) is 5.41 Å². The first-order chi connectivity index (χ1) is 14.4. The van der Waals surface area contributed by atoms with Crippen LogP contribution in [-0.2, 0) is 10.2 Å². The van der Waals surface area contributed by atoms with Crippen LogP contribution in [0, 0.1) is 5.41 Å². The van der Waals surface area contributed by atoms with Crippen LogP contribution in [0.3, 0.4) is 0 Å². The highest BCUT2D eigenvalue weighted by molar-refractivity contribution is 8.24. The second kappa shape index (κ2) is 7.54. The van der Waals surface area contributed by atoms with Gasteiger partial charge in [0.05, 0.1) is 22.9 Å². The summed E-state index contributed by atoms with van der Waals surface area (Å²) in [6, 6.07) is 11.6. The smallest absolute Gasteiger partial charge is 0.327 e. The second-order valence-corrected chi connectivity index (χ2v) is 13.6. The molecule has 1 aromatic heterocycles. The molecule has 0 aliphatic carbocycles. The third-order valence-corrected chi connectivity index (χ3v) is 8.97. The molecule has 170 valence electrons. The molecule has 2 N–H and O–H groups in total. The van der Waals surface area contributed by atoms with Crippen LogP contribution in [0.1, 0.15) is 20.8 Å². The van der Waals surface area contributed by atoms with Crippen molar-refractivity contribution in [2.24, 2.45) is 5.41 Å². The molecule has 1 fully saturated rings. The summed E-state index contributed by atoms with van der Waals surface area (Å²) >= 11 is 0. The minimum absolute atomic E-state index is 0.195. The summed E-state index contributed by atoms with van der Waals surface area (Å²) in [5, 5.41) is 0. The molecular formula is C21H30N4O4S2. The fourth-order valence-corrected chi connectivity index (χ4v) is 6.67. The van der Waals surface area contributed by atoms with Crippen LogP contribution in [0.25, 0.3) is 11.3 Å². The molecule has 0 spiro atoms. The summed E-state index contributed by atoms with van der Waals surface area (Å²) < 4.78 is 48.3. The number of hydrogen-bond donors (Lipinski definition) is 2. The Bertz CT molecular complexity index is 1090. The van der Waals surface area contributed by atoms with Crippen molar-refractivity contribution < 1.29 is 17.5 Å². The van der Waals surface area contributed by atoms with E-state index < -0.39 is 20.8 Å². The predicted molar refractivity (Wildman–Crippen MR) is 129 cm³/mol. The Morgan fingerprint density at radius 1 is 1.06 bits per heavy atom. The van der Waals surface area contributed by atoms with E-state index in [1.807, 2.05) is 57.2 Å². The van der Waals surface area contributed by atoms with Gasteiger partial charge in [0.25, 0.3) is 0 Å². The number of hydrogen-bond acceptors (Lipinski definition) is 6. The fourth-order valence-electron chi connectivity index (χ4n) is 3.85. The van der Waals surface area contributed by atoms with Gasteiger partial charge in [-0.25, -0.2) is 13.6 Å². The highest BCUT2D eigenvalue weighted by atomic mass is 32.3. The van der Waals surface area contributed by atoms with Gasteiger partial charge in [0.15, 0.2) is 5.82 Å². The molecule has 0 saturated carbocycles. The molecule has 3 heterocycles. The van der Waals surface area contributed by atoms with Crippen LogP contribution in [0.15, 0.2) is 36.4 Å². The van der Waals surface area contributed by atoms with Gasteiger partial charge in [-0.1, -0.05) is 32.9 Å². The van der Waals surface area contributed by atoms with Gasteiger partial charge in [-0.05, 0) is 29.7 Å². The summed E-state index contributed by atoms with van der Waals surface area (Å²) in [4.78, 5) is 6.84. The van der Waals surface area contributed by atoms with Crippen molar-refractivity contribution in [1.82, 2.24) is 4.98 Å². The maximum Gasteiger partial charge on any atom is 0.327 e. The molecule has 0 bridgehead atoms. The van der Waals surface area contributed by atoms with Crippen LogP contribution in [0.4, 0.5) is 17.2 Å². The molecule has 8 nitrogen and oxygen atoms in total. The van der Waals surface area contributed by atoms with Gasteiger partial charge in [0.1, 0.15) is 0 Å². The van der Waals surface area contributed by atoms with E-state index >= 15 is 0 Å². The zero-order valence-electron chi connectivity index (χ0n) is 18.3. The standard InChI is InChI=1S/C21H30N4O4S2/c1-21(2,3)15-25-19-9-8-18(22-20(19)23(4)31(25,28)29)16-6-5-7-17(14-16)24-10-12-30(26,27)13-11-24/h5-9,14,26-27H,10-13,15H2,1-4H3. The highest BCUT2D eigenvalue weighted by Gasteiger charge is 2.41. The highest BCUT2D eigenvalue weighted by Crippen LogP contribution is 2.43. The molecule has 10 heteroatoms. The summed E-state index contributed by atoms with van der Waals surface area (Å²) in [6.45, 7) is 7.57. The lowest BCUT2D eigenvalue weighted by Gasteiger charge is -2.42. The molecular weight excluding hydrogens is 436 g/mol. The molecule has 1 saturated heterocycles. The first-order valence-corrected chi connectivity index (χ1v) is 13.5. The zero-order valence-corrected chi connectivity index (χ0v) is 19.9. The molecule has 0 radical (unpaired) electrons. The van der Waals surface area contributed by atoms with Crippen molar-refractivity contribution in [1.29, 1.82) is 0 Å². The first-order valence-electron chi connectivity index (χ1n) is 10.2.